The first kappa shape index (κ1) is 43.4. The Morgan fingerprint density at radius 1 is 1.07 bits per heavy atom. The number of pyridine rings is 1. The molecule has 1 N–H and O–H groups in total. The van der Waals surface area contributed by atoms with E-state index >= 15 is 0 Å². The van der Waals surface area contributed by atoms with Crippen LogP contribution in [-0.2, 0) is 43.5 Å². The number of nitrogens with one attached hydrogen (secondary N) is 1. The van der Waals surface area contributed by atoms with E-state index in [9.17, 15) is 37.2 Å². The molecule has 7 rings (SSSR count). The van der Waals surface area contributed by atoms with E-state index in [1.54, 1.807) is 46.1 Å². The number of amides is 4. The van der Waals surface area contributed by atoms with Gasteiger partial charge in [0.25, 0.3) is 0 Å². The van der Waals surface area contributed by atoms with Crippen molar-refractivity contribution in [3.63, 3.8) is 0 Å². The van der Waals surface area contributed by atoms with Crippen molar-refractivity contribution in [3.8, 4) is 22.8 Å². The highest BCUT2D eigenvalue weighted by atomic mass is 32.2. The van der Waals surface area contributed by atoms with Gasteiger partial charge in [-0.1, -0.05) is 36.4 Å². The van der Waals surface area contributed by atoms with Gasteiger partial charge in [-0.3, -0.25) is 38.4 Å². The summed E-state index contributed by atoms with van der Waals surface area (Å²) in [5, 5.41) is -0.0129. The third-order valence-electron chi connectivity index (χ3n) is 11.9. The number of Topliss-reactive ketones (excluding diaryl/α,β-unsaturated/α-hetero) is 1. The number of sulfonamides is 1. The van der Waals surface area contributed by atoms with Gasteiger partial charge < -0.3 is 19.1 Å². The Bertz CT molecular complexity index is 2380. The van der Waals surface area contributed by atoms with Gasteiger partial charge in [-0.2, -0.15) is 0 Å². The van der Waals surface area contributed by atoms with Gasteiger partial charge >= 0.3 is 5.97 Å². The van der Waals surface area contributed by atoms with Crippen molar-refractivity contribution in [2.45, 2.75) is 102 Å². The Kier molecular flexibility index (Phi) is 12.1. The van der Waals surface area contributed by atoms with Gasteiger partial charge in [0.1, 0.15) is 23.2 Å². The third kappa shape index (κ3) is 9.64. The largest absolute Gasteiger partial charge is 0.497 e. The molecule has 61 heavy (non-hydrogen) atoms. The summed E-state index contributed by atoms with van der Waals surface area (Å²) in [4.78, 5) is 88.9. The molecule has 1 aromatic heterocycles. The Morgan fingerprint density at radius 3 is 2.41 bits per heavy atom. The minimum absolute atomic E-state index is 0.00239. The summed E-state index contributed by atoms with van der Waals surface area (Å²) in [6.07, 6.45) is 1.00. The molecular weight excluding hydrogens is 805 g/mol. The van der Waals surface area contributed by atoms with E-state index in [2.05, 4.69) is 11.3 Å². The van der Waals surface area contributed by atoms with E-state index in [-0.39, 0.29) is 57.5 Å². The molecule has 0 bridgehead atoms. The number of fused-ring (bicyclic) bond motifs is 1. The fourth-order valence-electron chi connectivity index (χ4n) is 8.22. The van der Waals surface area contributed by atoms with Crippen molar-refractivity contribution in [1.29, 1.82) is 0 Å². The molecule has 4 fully saturated rings. The number of aromatic nitrogens is 1. The Morgan fingerprint density at radius 2 is 1.80 bits per heavy atom. The number of benzene rings is 2. The van der Waals surface area contributed by atoms with Gasteiger partial charge in [-0.05, 0) is 64.5 Å². The number of carbonyl (C=O) groups excluding carboxylic acids is 6. The number of carbonyl (C=O) groups is 6. The number of hydrogen-bond acceptors (Lipinski definition) is 12. The molecule has 3 heterocycles. The number of esters is 1. The van der Waals surface area contributed by atoms with Crippen molar-refractivity contribution in [2.75, 3.05) is 20.2 Å². The second kappa shape index (κ2) is 17.0. The molecule has 2 unspecified atom stereocenters. The maximum absolute atomic E-state index is 14.8. The molecule has 0 spiro atoms. The van der Waals surface area contributed by atoms with Crippen molar-refractivity contribution in [2.24, 2.45) is 17.3 Å². The maximum atomic E-state index is 14.8. The number of rotatable bonds is 17. The lowest BCUT2D eigenvalue weighted by atomic mass is 9.90. The first-order valence-electron chi connectivity index (χ1n) is 20.7. The van der Waals surface area contributed by atoms with Gasteiger partial charge in [0, 0.05) is 61.2 Å². The number of ether oxygens (including phenoxy) is 3. The molecule has 3 aromatic rings. The predicted molar refractivity (Wildman–Crippen MR) is 223 cm³/mol. The minimum atomic E-state index is -3.92. The molecule has 2 saturated carbocycles. The number of allylic oxidation sites excluding steroid dienone is 1. The monoisotopic (exact) mass is 856 g/mol. The van der Waals surface area contributed by atoms with Crippen LogP contribution in [0.4, 0.5) is 0 Å². The summed E-state index contributed by atoms with van der Waals surface area (Å²) in [7, 11) is -2.37. The van der Waals surface area contributed by atoms with Crippen LogP contribution in [0.5, 0.6) is 11.5 Å². The fourth-order valence-corrected chi connectivity index (χ4v) is 9.61. The first-order valence-corrected chi connectivity index (χ1v) is 22.2. The number of methoxy groups -OCH3 is 1. The van der Waals surface area contributed by atoms with E-state index in [1.807, 2.05) is 36.4 Å². The topological polar surface area (TPSA) is 196 Å². The Hall–Kier alpha value is -5.64. The van der Waals surface area contributed by atoms with Gasteiger partial charge in [-0.25, -0.2) is 13.4 Å². The number of nitrogens with zero attached hydrogens (tertiary/aromatic N) is 3. The molecule has 2 aliphatic heterocycles. The summed E-state index contributed by atoms with van der Waals surface area (Å²) in [6, 6.07) is 15.5. The van der Waals surface area contributed by atoms with Crippen molar-refractivity contribution >= 4 is 56.3 Å². The van der Waals surface area contributed by atoms with Crippen molar-refractivity contribution < 1.29 is 51.4 Å². The molecule has 2 aromatic carbocycles. The lowest BCUT2D eigenvalue weighted by molar-refractivity contribution is -0.160. The summed E-state index contributed by atoms with van der Waals surface area (Å²) in [6.45, 7) is 9.07. The van der Waals surface area contributed by atoms with Gasteiger partial charge in [0.2, 0.25) is 33.7 Å². The lowest BCUT2D eigenvalue weighted by Crippen LogP contribution is -2.48. The molecular formula is C45H52N4O11S. The molecule has 15 nitrogen and oxygen atoms in total. The molecule has 0 radical (unpaired) electrons. The number of hydrogen-bond donors (Lipinski definition) is 1. The Balaban J connectivity index is 1.21. The van der Waals surface area contributed by atoms with E-state index in [0.29, 0.717) is 40.9 Å². The summed E-state index contributed by atoms with van der Waals surface area (Å²) in [5.74, 6) is -3.93. The second-order valence-electron chi connectivity index (χ2n) is 17.5. The van der Waals surface area contributed by atoms with Crippen LogP contribution < -0.4 is 14.2 Å². The van der Waals surface area contributed by atoms with Crippen LogP contribution in [0.3, 0.4) is 0 Å². The standard InChI is InChI=1S/C45H52N4O11S/c1-6-29-24-45(29,43(55)47-61(56,57)32-14-15-32)25-37(50)36-22-31(59-38-23-34(27-10-8-7-9-11-27)46-35-21-30(58-5)13-16-33(35)38)26-49(36)42(54)28(20-41(53)60-44(2,3)4)12-17-39(51)48-19-18-40(48)52/h6-11,13,16,21,23,28-29,31-32,36H,1,12,14-15,17-20,22,24-26H2,2-5H3,(H,47,55)/t28-,29?,31?,36+,45-/m1/s1. The van der Waals surface area contributed by atoms with E-state index < -0.39 is 86.2 Å². The molecule has 5 atom stereocenters. The average molecular weight is 857 g/mol. The number of β-lactam (4-membered cyclic amide) rings is 1. The summed E-state index contributed by atoms with van der Waals surface area (Å²) in [5.41, 5.74) is -0.252. The van der Waals surface area contributed by atoms with Crippen molar-refractivity contribution in [3.05, 3.63) is 67.3 Å². The van der Waals surface area contributed by atoms with Crippen LogP contribution in [0.25, 0.3) is 22.2 Å². The van der Waals surface area contributed by atoms with Gasteiger partial charge in [0.05, 0.1) is 48.0 Å². The zero-order chi connectivity index (χ0) is 43.9. The smallest absolute Gasteiger partial charge is 0.307 e. The zero-order valence-electron chi connectivity index (χ0n) is 34.9. The SMILES string of the molecule is C=CC1C[C@]1(CC(=O)[C@@H]1CC(Oc2cc(-c3ccccc3)nc3cc(OC)ccc23)CN1C(=O)[C@H](CCC(=O)N1CCC1=O)CC(=O)OC(C)(C)C)C(=O)NS(=O)(=O)C1CC1. The minimum Gasteiger partial charge on any atom is -0.497 e. The molecule has 16 heteroatoms. The predicted octanol–water partition coefficient (Wildman–Crippen LogP) is 4.91. The van der Waals surface area contributed by atoms with Crippen LogP contribution in [-0.4, -0.2) is 102 Å². The Labute approximate surface area is 355 Å². The molecule has 4 aliphatic rings. The highest BCUT2D eigenvalue weighted by Gasteiger charge is 2.61. The normalized spacial score (nSPS) is 22.8. The van der Waals surface area contributed by atoms with Crippen LogP contribution in [0, 0.1) is 17.3 Å². The number of likely N-dealkylation sites (tertiary alicyclic amines) is 2. The van der Waals surface area contributed by atoms with Crippen molar-refractivity contribution in [1.82, 2.24) is 19.5 Å². The van der Waals surface area contributed by atoms with E-state index in [4.69, 9.17) is 19.2 Å². The highest BCUT2D eigenvalue weighted by Crippen LogP contribution is 2.57. The average Bonchev–Trinajstić information content (AvgIpc) is 4.14. The van der Waals surface area contributed by atoms with Crippen LogP contribution in [0.15, 0.2) is 67.3 Å². The quantitative estimate of drug-likeness (QED) is 0.110. The zero-order valence-corrected chi connectivity index (χ0v) is 35.7. The molecule has 2 aliphatic carbocycles. The third-order valence-corrected chi connectivity index (χ3v) is 13.7. The van der Waals surface area contributed by atoms with Crippen LogP contribution >= 0.6 is 0 Å². The summed E-state index contributed by atoms with van der Waals surface area (Å²) < 4.78 is 45.7. The first-order chi connectivity index (χ1) is 28.9. The van der Waals surface area contributed by atoms with Crippen LogP contribution in [0.1, 0.15) is 78.6 Å². The van der Waals surface area contributed by atoms with Gasteiger partial charge in [0.15, 0.2) is 5.78 Å². The van der Waals surface area contributed by atoms with E-state index in [1.165, 1.54) is 11.0 Å². The lowest BCUT2D eigenvalue weighted by Gasteiger charge is -2.31. The molecule has 324 valence electrons. The molecule has 4 amide bonds. The summed E-state index contributed by atoms with van der Waals surface area (Å²) >= 11 is 0. The molecule has 2 saturated heterocycles. The number of imide groups is 1. The van der Waals surface area contributed by atoms with Gasteiger partial charge in [-0.15, -0.1) is 6.58 Å². The maximum Gasteiger partial charge on any atom is 0.307 e. The van der Waals surface area contributed by atoms with E-state index in [0.717, 1.165) is 10.5 Å². The number of ketones is 1. The highest BCUT2D eigenvalue weighted by molar-refractivity contribution is 7.90. The second-order valence-corrected chi connectivity index (χ2v) is 19.4. The fraction of sp³-hybridized carbons (Fsp3) is 0.489. The van der Waals surface area contributed by atoms with Crippen LogP contribution in [0.2, 0.25) is 0 Å².